The summed E-state index contributed by atoms with van der Waals surface area (Å²) in [4.78, 5) is 17.2. The molecule has 0 bridgehead atoms. The highest BCUT2D eigenvalue weighted by Gasteiger charge is 2.31. The van der Waals surface area contributed by atoms with Crippen LogP contribution in [0.25, 0.3) is 0 Å². The van der Waals surface area contributed by atoms with Gasteiger partial charge in [-0.05, 0) is 18.4 Å². The molecule has 0 spiro atoms. The first-order chi connectivity index (χ1) is 11.2. The number of nitrogens with zero attached hydrogens (tertiary/aromatic N) is 2. The fraction of sp³-hybridized carbons (Fsp3) is 0.421. The summed E-state index contributed by atoms with van der Waals surface area (Å²) in [6, 6.07) is 9.85. The molecule has 0 radical (unpaired) electrons. The highest BCUT2D eigenvalue weighted by Crippen LogP contribution is 2.25. The lowest BCUT2D eigenvalue weighted by Crippen LogP contribution is -2.48. The normalized spacial score (nSPS) is 17.0. The number of amides is 1. The number of carbonyl (C=O) groups is 1. The number of likely N-dealkylation sites (tertiary alicyclic amines) is 1. The van der Waals surface area contributed by atoms with E-state index < -0.39 is 0 Å². The van der Waals surface area contributed by atoms with Crippen molar-refractivity contribution in [3.63, 3.8) is 0 Å². The molecule has 1 heterocycles. The average molecular weight is 313 g/mol. The van der Waals surface area contributed by atoms with Crippen LogP contribution < -0.4 is 5.73 Å². The standard InChI is InChI=1S/C19H27N3O/c1-3-12-21(13-4-2)18(16-8-6-5-7-9-16)19(23)22-14-10-17(20)11-15-22/h3-9,17-18H,1-2,10-15,20H2. The second-order valence-corrected chi connectivity index (χ2v) is 6.01. The van der Waals surface area contributed by atoms with Crippen molar-refractivity contribution in [2.75, 3.05) is 26.2 Å². The van der Waals surface area contributed by atoms with Crippen LogP contribution in [0.1, 0.15) is 24.4 Å². The Balaban J connectivity index is 2.26. The second-order valence-electron chi connectivity index (χ2n) is 6.01. The van der Waals surface area contributed by atoms with E-state index in [4.69, 9.17) is 5.73 Å². The van der Waals surface area contributed by atoms with E-state index >= 15 is 0 Å². The van der Waals surface area contributed by atoms with Gasteiger partial charge in [0.2, 0.25) is 5.91 Å². The van der Waals surface area contributed by atoms with E-state index in [-0.39, 0.29) is 18.0 Å². The second kappa shape index (κ2) is 8.65. The summed E-state index contributed by atoms with van der Waals surface area (Å²) < 4.78 is 0. The third-order valence-electron chi connectivity index (χ3n) is 4.29. The van der Waals surface area contributed by atoms with Gasteiger partial charge < -0.3 is 10.6 Å². The molecule has 1 amide bonds. The predicted octanol–water partition coefficient (Wildman–Crippen LogP) is 2.35. The maximum atomic E-state index is 13.2. The zero-order chi connectivity index (χ0) is 16.7. The van der Waals surface area contributed by atoms with Crippen molar-refractivity contribution in [3.8, 4) is 0 Å². The van der Waals surface area contributed by atoms with Gasteiger partial charge in [0.15, 0.2) is 0 Å². The summed E-state index contributed by atoms with van der Waals surface area (Å²) in [6.45, 7) is 10.4. The molecule has 4 heteroatoms. The molecule has 1 atom stereocenters. The third-order valence-corrected chi connectivity index (χ3v) is 4.29. The van der Waals surface area contributed by atoms with E-state index in [1.165, 1.54) is 0 Å². The molecule has 4 nitrogen and oxygen atoms in total. The molecule has 1 saturated heterocycles. The Hall–Kier alpha value is -1.91. The zero-order valence-corrected chi connectivity index (χ0v) is 13.7. The fourth-order valence-corrected chi connectivity index (χ4v) is 3.05. The van der Waals surface area contributed by atoms with Crippen molar-refractivity contribution in [1.29, 1.82) is 0 Å². The van der Waals surface area contributed by atoms with E-state index in [9.17, 15) is 4.79 Å². The van der Waals surface area contributed by atoms with Gasteiger partial charge in [0.1, 0.15) is 6.04 Å². The van der Waals surface area contributed by atoms with Crippen LogP contribution in [0.5, 0.6) is 0 Å². The van der Waals surface area contributed by atoms with Crippen molar-refractivity contribution in [2.24, 2.45) is 5.73 Å². The largest absolute Gasteiger partial charge is 0.341 e. The lowest BCUT2D eigenvalue weighted by atomic mass is 10.0. The summed E-state index contributed by atoms with van der Waals surface area (Å²) in [6.07, 6.45) is 5.41. The van der Waals surface area contributed by atoms with Gasteiger partial charge in [0, 0.05) is 32.2 Å². The van der Waals surface area contributed by atoms with Crippen LogP contribution in [0.4, 0.5) is 0 Å². The Morgan fingerprint density at radius 2 is 1.78 bits per heavy atom. The predicted molar refractivity (Wildman–Crippen MR) is 94.9 cm³/mol. The molecular weight excluding hydrogens is 286 g/mol. The summed E-state index contributed by atoms with van der Waals surface area (Å²) >= 11 is 0. The molecular formula is C19H27N3O. The van der Waals surface area contributed by atoms with E-state index in [0.717, 1.165) is 31.5 Å². The molecule has 0 aliphatic carbocycles. The van der Waals surface area contributed by atoms with Crippen molar-refractivity contribution < 1.29 is 4.79 Å². The Morgan fingerprint density at radius 3 is 2.30 bits per heavy atom. The van der Waals surface area contributed by atoms with Crippen LogP contribution in [0.15, 0.2) is 55.6 Å². The van der Waals surface area contributed by atoms with Gasteiger partial charge in [-0.15, -0.1) is 13.2 Å². The van der Waals surface area contributed by atoms with Gasteiger partial charge >= 0.3 is 0 Å². The highest BCUT2D eigenvalue weighted by atomic mass is 16.2. The topological polar surface area (TPSA) is 49.6 Å². The van der Waals surface area contributed by atoms with Crippen LogP contribution in [-0.4, -0.2) is 47.9 Å². The first-order valence-corrected chi connectivity index (χ1v) is 8.22. The van der Waals surface area contributed by atoms with Gasteiger partial charge in [-0.1, -0.05) is 42.5 Å². The van der Waals surface area contributed by atoms with Crippen LogP contribution in [0, 0.1) is 0 Å². The van der Waals surface area contributed by atoms with Crippen molar-refractivity contribution in [3.05, 3.63) is 61.2 Å². The number of carbonyl (C=O) groups excluding carboxylic acids is 1. The molecule has 2 rings (SSSR count). The molecule has 1 aliphatic heterocycles. The number of benzene rings is 1. The van der Waals surface area contributed by atoms with Crippen molar-refractivity contribution in [2.45, 2.75) is 24.9 Å². The molecule has 1 fully saturated rings. The van der Waals surface area contributed by atoms with Crippen LogP contribution in [0.3, 0.4) is 0 Å². The minimum absolute atomic E-state index is 0.145. The number of nitrogens with two attached hydrogens (primary N) is 1. The number of piperidine rings is 1. The smallest absolute Gasteiger partial charge is 0.244 e. The first kappa shape index (κ1) is 17.4. The third kappa shape index (κ3) is 4.53. The minimum atomic E-state index is -0.304. The maximum absolute atomic E-state index is 13.2. The number of hydrogen-bond donors (Lipinski definition) is 1. The SMILES string of the molecule is C=CCN(CC=C)C(C(=O)N1CCC(N)CC1)c1ccccc1. The monoisotopic (exact) mass is 313 g/mol. The van der Waals surface area contributed by atoms with Crippen LogP contribution >= 0.6 is 0 Å². The van der Waals surface area contributed by atoms with Crippen molar-refractivity contribution >= 4 is 5.91 Å². The Labute approximate surface area is 139 Å². The first-order valence-electron chi connectivity index (χ1n) is 8.22. The van der Waals surface area contributed by atoms with E-state index in [2.05, 4.69) is 18.1 Å². The molecule has 1 aromatic rings. The van der Waals surface area contributed by atoms with Crippen LogP contribution in [0.2, 0.25) is 0 Å². The van der Waals surface area contributed by atoms with Gasteiger partial charge in [-0.2, -0.15) is 0 Å². The molecule has 1 aliphatic rings. The lowest BCUT2D eigenvalue weighted by Gasteiger charge is -2.37. The molecule has 124 valence electrons. The highest BCUT2D eigenvalue weighted by molar-refractivity contribution is 5.83. The Kier molecular flexibility index (Phi) is 6.56. The summed E-state index contributed by atoms with van der Waals surface area (Å²) in [5, 5.41) is 0. The Morgan fingerprint density at radius 1 is 1.22 bits per heavy atom. The molecule has 23 heavy (non-hydrogen) atoms. The summed E-state index contributed by atoms with van der Waals surface area (Å²) in [7, 11) is 0. The Bertz CT molecular complexity index is 511. The fourth-order valence-electron chi connectivity index (χ4n) is 3.05. The van der Waals surface area contributed by atoms with E-state index in [1.807, 2.05) is 47.4 Å². The van der Waals surface area contributed by atoms with E-state index in [0.29, 0.717) is 13.1 Å². The molecule has 0 aromatic heterocycles. The van der Waals surface area contributed by atoms with Gasteiger partial charge in [0.25, 0.3) is 0 Å². The molecule has 1 aromatic carbocycles. The number of rotatable bonds is 7. The molecule has 1 unspecified atom stereocenters. The summed E-state index contributed by atoms with van der Waals surface area (Å²) in [5.41, 5.74) is 6.97. The molecule has 2 N–H and O–H groups in total. The van der Waals surface area contributed by atoms with Gasteiger partial charge in [-0.25, -0.2) is 0 Å². The van der Waals surface area contributed by atoms with Crippen LogP contribution in [-0.2, 0) is 4.79 Å². The summed E-state index contributed by atoms with van der Waals surface area (Å²) in [5.74, 6) is 0.145. The van der Waals surface area contributed by atoms with Gasteiger partial charge in [0.05, 0.1) is 0 Å². The quantitative estimate of drug-likeness (QED) is 0.786. The zero-order valence-electron chi connectivity index (χ0n) is 13.7. The van der Waals surface area contributed by atoms with Gasteiger partial charge in [-0.3, -0.25) is 9.69 Å². The lowest BCUT2D eigenvalue weighted by molar-refractivity contribution is -0.138. The van der Waals surface area contributed by atoms with E-state index in [1.54, 1.807) is 0 Å². The number of hydrogen-bond acceptors (Lipinski definition) is 3. The maximum Gasteiger partial charge on any atom is 0.244 e. The average Bonchev–Trinajstić information content (AvgIpc) is 2.57. The molecule has 0 saturated carbocycles. The van der Waals surface area contributed by atoms with Crippen molar-refractivity contribution in [1.82, 2.24) is 9.80 Å². The minimum Gasteiger partial charge on any atom is -0.341 e.